The Morgan fingerprint density at radius 1 is 1.19 bits per heavy atom. The second kappa shape index (κ2) is 7.11. The third-order valence-corrected chi connectivity index (χ3v) is 2.87. The number of nitrogens with zero attached hydrogens (tertiary/aromatic N) is 1. The molecule has 0 saturated heterocycles. The van der Waals surface area contributed by atoms with E-state index in [1.807, 2.05) is 19.1 Å². The van der Waals surface area contributed by atoms with Crippen LogP contribution < -0.4 is 10.1 Å². The van der Waals surface area contributed by atoms with Gasteiger partial charge in [-0.25, -0.2) is 0 Å². The summed E-state index contributed by atoms with van der Waals surface area (Å²) in [5.74, 6) is 0.344. The number of hydrogen-bond acceptors (Lipinski definition) is 3. The molecule has 0 radical (unpaired) electrons. The first kappa shape index (κ1) is 14.6. The van der Waals surface area contributed by atoms with Crippen LogP contribution in [0, 0.1) is 11.3 Å². The van der Waals surface area contributed by atoms with Gasteiger partial charge in [-0.2, -0.15) is 5.26 Å². The molecule has 21 heavy (non-hydrogen) atoms. The quantitative estimate of drug-likeness (QED) is 0.910. The third-order valence-electron chi connectivity index (χ3n) is 2.87. The molecule has 1 amide bonds. The predicted molar refractivity (Wildman–Crippen MR) is 81.3 cm³/mol. The number of benzene rings is 2. The Hall–Kier alpha value is -2.80. The van der Waals surface area contributed by atoms with Crippen LogP contribution in [0.2, 0.25) is 0 Å². The van der Waals surface area contributed by atoms with E-state index < -0.39 is 0 Å². The lowest BCUT2D eigenvalue weighted by Gasteiger charge is -2.11. The van der Waals surface area contributed by atoms with Crippen molar-refractivity contribution in [2.45, 2.75) is 13.3 Å². The van der Waals surface area contributed by atoms with Crippen LogP contribution in [0.4, 0.5) is 5.69 Å². The van der Waals surface area contributed by atoms with Crippen molar-refractivity contribution < 1.29 is 9.53 Å². The van der Waals surface area contributed by atoms with Crippen LogP contribution in [0.3, 0.4) is 0 Å². The van der Waals surface area contributed by atoms with Crippen LogP contribution in [0.5, 0.6) is 5.75 Å². The van der Waals surface area contributed by atoms with E-state index in [2.05, 4.69) is 5.32 Å². The van der Waals surface area contributed by atoms with Crippen LogP contribution in [0.1, 0.15) is 29.3 Å². The van der Waals surface area contributed by atoms with E-state index in [1.54, 1.807) is 42.5 Å². The number of hydrogen-bond donors (Lipinski definition) is 1. The Morgan fingerprint density at radius 3 is 2.57 bits per heavy atom. The molecule has 106 valence electrons. The van der Waals surface area contributed by atoms with E-state index in [9.17, 15) is 4.79 Å². The molecule has 2 aromatic rings. The second-order valence-electron chi connectivity index (χ2n) is 4.49. The van der Waals surface area contributed by atoms with Gasteiger partial charge in [-0.3, -0.25) is 4.79 Å². The largest absolute Gasteiger partial charge is 0.493 e. The van der Waals surface area contributed by atoms with Gasteiger partial charge in [-0.15, -0.1) is 0 Å². The summed E-state index contributed by atoms with van der Waals surface area (Å²) in [6.07, 6.45) is 0.881. The second-order valence-corrected chi connectivity index (χ2v) is 4.49. The fraction of sp³-hybridized carbons (Fsp3) is 0.176. The highest BCUT2D eigenvalue weighted by atomic mass is 16.5. The van der Waals surface area contributed by atoms with E-state index in [0.29, 0.717) is 29.2 Å². The number of carbonyl (C=O) groups is 1. The standard InChI is InChI=1S/C17H16N2O2/c1-2-11-21-16-6-4-3-5-15(16)17(20)19-14-9-7-13(12-18)8-10-14/h3-10H,2,11H2,1H3,(H,19,20). The van der Waals surface area contributed by atoms with Gasteiger partial charge in [0.05, 0.1) is 23.8 Å². The maximum Gasteiger partial charge on any atom is 0.259 e. The number of amides is 1. The van der Waals surface area contributed by atoms with Crippen LogP contribution in [0.25, 0.3) is 0 Å². The summed E-state index contributed by atoms with van der Waals surface area (Å²) in [6, 6.07) is 15.9. The Balaban J connectivity index is 2.14. The molecule has 0 aliphatic rings. The molecule has 4 heteroatoms. The van der Waals surface area contributed by atoms with E-state index in [0.717, 1.165) is 6.42 Å². The first-order valence-electron chi connectivity index (χ1n) is 6.78. The number of carbonyl (C=O) groups excluding carboxylic acids is 1. The lowest BCUT2D eigenvalue weighted by Crippen LogP contribution is -2.13. The zero-order chi connectivity index (χ0) is 15.1. The highest BCUT2D eigenvalue weighted by molar-refractivity contribution is 6.06. The first-order chi connectivity index (χ1) is 10.2. The van der Waals surface area contributed by atoms with E-state index in [4.69, 9.17) is 10.00 Å². The normalized spacial score (nSPS) is 9.71. The van der Waals surface area contributed by atoms with Crippen LogP contribution >= 0.6 is 0 Å². The van der Waals surface area contributed by atoms with Gasteiger partial charge in [0.1, 0.15) is 5.75 Å². The third kappa shape index (κ3) is 3.83. The van der Waals surface area contributed by atoms with Crippen LogP contribution in [0.15, 0.2) is 48.5 Å². The predicted octanol–water partition coefficient (Wildman–Crippen LogP) is 3.60. The number of nitrogens with one attached hydrogen (secondary N) is 1. The minimum Gasteiger partial charge on any atom is -0.493 e. The average molecular weight is 280 g/mol. The number of nitriles is 1. The minimum absolute atomic E-state index is 0.230. The average Bonchev–Trinajstić information content (AvgIpc) is 2.54. The minimum atomic E-state index is -0.230. The Morgan fingerprint density at radius 2 is 1.90 bits per heavy atom. The molecular weight excluding hydrogens is 264 g/mol. The molecular formula is C17H16N2O2. The molecule has 0 atom stereocenters. The number of anilines is 1. The number of rotatable bonds is 5. The fourth-order valence-corrected chi connectivity index (χ4v) is 1.82. The SMILES string of the molecule is CCCOc1ccccc1C(=O)Nc1ccc(C#N)cc1. The van der Waals surface area contributed by atoms with Crippen molar-refractivity contribution in [3.63, 3.8) is 0 Å². The molecule has 0 aliphatic heterocycles. The molecule has 0 spiro atoms. The van der Waals surface area contributed by atoms with Crippen molar-refractivity contribution in [2.24, 2.45) is 0 Å². The lowest BCUT2D eigenvalue weighted by atomic mass is 10.1. The molecule has 0 fully saturated rings. The Labute approximate surface area is 124 Å². The topological polar surface area (TPSA) is 62.1 Å². The zero-order valence-corrected chi connectivity index (χ0v) is 11.8. The van der Waals surface area contributed by atoms with Crippen molar-refractivity contribution in [1.82, 2.24) is 0 Å². The Bertz CT molecular complexity index is 657. The van der Waals surface area contributed by atoms with Gasteiger partial charge in [0.15, 0.2) is 0 Å². The summed E-state index contributed by atoms with van der Waals surface area (Å²) in [7, 11) is 0. The number of ether oxygens (including phenoxy) is 1. The monoisotopic (exact) mass is 280 g/mol. The summed E-state index contributed by atoms with van der Waals surface area (Å²) in [4.78, 5) is 12.3. The van der Waals surface area contributed by atoms with Gasteiger partial charge in [0.25, 0.3) is 5.91 Å². The maximum absolute atomic E-state index is 12.3. The van der Waals surface area contributed by atoms with Gasteiger partial charge in [0.2, 0.25) is 0 Å². The maximum atomic E-state index is 12.3. The zero-order valence-electron chi connectivity index (χ0n) is 11.8. The highest BCUT2D eigenvalue weighted by Gasteiger charge is 2.12. The smallest absolute Gasteiger partial charge is 0.259 e. The molecule has 0 aliphatic carbocycles. The van der Waals surface area contributed by atoms with Gasteiger partial charge >= 0.3 is 0 Å². The van der Waals surface area contributed by atoms with Crippen molar-refractivity contribution in [1.29, 1.82) is 5.26 Å². The molecule has 0 heterocycles. The molecule has 0 bridgehead atoms. The molecule has 2 rings (SSSR count). The van der Waals surface area contributed by atoms with Gasteiger partial charge in [-0.05, 0) is 42.8 Å². The molecule has 4 nitrogen and oxygen atoms in total. The van der Waals surface area contributed by atoms with E-state index >= 15 is 0 Å². The summed E-state index contributed by atoms with van der Waals surface area (Å²) in [5.41, 5.74) is 1.69. The van der Waals surface area contributed by atoms with Crippen LogP contribution in [-0.4, -0.2) is 12.5 Å². The number of para-hydroxylation sites is 1. The molecule has 0 unspecified atom stereocenters. The Kier molecular flexibility index (Phi) is 4.94. The van der Waals surface area contributed by atoms with Crippen LogP contribution in [-0.2, 0) is 0 Å². The summed E-state index contributed by atoms with van der Waals surface area (Å²) < 4.78 is 5.58. The summed E-state index contributed by atoms with van der Waals surface area (Å²) >= 11 is 0. The summed E-state index contributed by atoms with van der Waals surface area (Å²) in [5, 5.41) is 11.6. The lowest BCUT2D eigenvalue weighted by molar-refractivity contribution is 0.102. The van der Waals surface area contributed by atoms with Crippen molar-refractivity contribution >= 4 is 11.6 Å². The first-order valence-corrected chi connectivity index (χ1v) is 6.78. The van der Waals surface area contributed by atoms with Crippen molar-refractivity contribution in [2.75, 3.05) is 11.9 Å². The van der Waals surface area contributed by atoms with Gasteiger partial charge in [-0.1, -0.05) is 19.1 Å². The summed E-state index contributed by atoms with van der Waals surface area (Å²) in [6.45, 7) is 2.58. The van der Waals surface area contributed by atoms with E-state index in [1.165, 1.54) is 0 Å². The molecule has 0 saturated carbocycles. The van der Waals surface area contributed by atoms with Gasteiger partial charge < -0.3 is 10.1 Å². The molecule has 0 aromatic heterocycles. The van der Waals surface area contributed by atoms with Crippen molar-refractivity contribution in [3.05, 3.63) is 59.7 Å². The van der Waals surface area contributed by atoms with Gasteiger partial charge in [0, 0.05) is 5.69 Å². The molecule has 2 aromatic carbocycles. The fourth-order valence-electron chi connectivity index (χ4n) is 1.82. The molecule has 1 N–H and O–H groups in total. The van der Waals surface area contributed by atoms with E-state index in [-0.39, 0.29) is 5.91 Å². The van der Waals surface area contributed by atoms with Crippen molar-refractivity contribution in [3.8, 4) is 11.8 Å². The highest BCUT2D eigenvalue weighted by Crippen LogP contribution is 2.20.